The average molecular weight is 431 g/mol. The molecule has 1 aliphatic carbocycles. The van der Waals surface area contributed by atoms with Crippen molar-refractivity contribution in [3.63, 3.8) is 0 Å². The second-order valence-electron chi connectivity index (χ2n) is 7.97. The van der Waals surface area contributed by atoms with Crippen molar-refractivity contribution in [2.45, 2.75) is 50.4 Å². The number of rotatable bonds is 9. The molecule has 0 aromatic heterocycles. The van der Waals surface area contributed by atoms with Crippen molar-refractivity contribution in [2.24, 2.45) is 0 Å². The quantitative estimate of drug-likeness (QED) is 0.602. The van der Waals surface area contributed by atoms with E-state index in [1.165, 1.54) is 12.8 Å². The molecule has 2 atom stereocenters. The molecule has 0 unspecified atom stereocenters. The Bertz CT molecular complexity index is 862. The van der Waals surface area contributed by atoms with E-state index in [0.717, 1.165) is 22.4 Å². The van der Waals surface area contributed by atoms with Crippen LogP contribution in [0.1, 0.15) is 48.5 Å². The summed E-state index contributed by atoms with van der Waals surface area (Å²) in [7, 11) is 0. The number of Topliss-reactive ketones (excluding diaryl/α,β-unsaturated/α-hetero) is 1. The summed E-state index contributed by atoms with van der Waals surface area (Å²) in [6, 6.07) is 13.7. The Labute approximate surface area is 181 Å². The summed E-state index contributed by atoms with van der Waals surface area (Å²) < 4.78 is 17.2. The predicted molar refractivity (Wildman–Crippen MR) is 114 cm³/mol. The van der Waals surface area contributed by atoms with Gasteiger partial charge in [0.2, 0.25) is 0 Å². The zero-order valence-electron chi connectivity index (χ0n) is 16.9. The van der Waals surface area contributed by atoms with Crippen LogP contribution in [0.2, 0.25) is 5.02 Å². The highest BCUT2D eigenvalue weighted by Crippen LogP contribution is 2.32. The molecule has 2 aromatic carbocycles. The van der Waals surface area contributed by atoms with E-state index >= 15 is 0 Å². The average Bonchev–Trinajstić information content (AvgIpc) is 3.58. The van der Waals surface area contributed by atoms with E-state index in [9.17, 15) is 9.90 Å². The number of aliphatic hydroxyl groups excluding tert-OH is 1. The Morgan fingerprint density at radius 1 is 1.07 bits per heavy atom. The minimum atomic E-state index is -0.433. The van der Waals surface area contributed by atoms with Gasteiger partial charge in [-0.15, -0.1) is 0 Å². The van der Waals surface area contributed by atoms with Gasteiger partial charge in [0.25, 0.3) is 0 Å². The Morgan fingerprint density at radius 3 is 2.60 bits per heavy atom. The number of carbonyl (C=O) groups excluding carboxylic acids is 1. The van der Waals surface area contributed by atoms with Crippen LogP contribution in [0.5, 0.6) is 5.75 Å². The van der Waals surface area contributed by atoms with Crippen molar-refractivity contribution in [3.05, 3.63) is 64.2 Å². The maximum Gasteiger partial charge on any atom is 0.138 e. The second-order valence-corrected chi connectivity index (χ2v) is 8.37. The maximum atomic E-state index is 12.0. The van der Waals surface area contributed by atoms with Crippen molar-refractivity contribution >= 4 is 17.4 Å². The first-order chi connectivity index (χ1) is 14.6. The summed E-state index contributed by atoms with van der Waals surface area (Å²) in [4.78, 5) is 12.0. The van der Waals surface area contributed by atoms with Crippen LogP contribution in [-0.4, -0.2) is 42.9 Å². The fourth-order valence-electron chi connectivity index (χ4n) is 3.64. The van der Waals surface area contributed by atoms with Gasteiger partial charge in [0, 0.05) is 17.9 Å². The van der Waals surface area contributed by atoms with E-state index in [-0.39, 0.29) is 24.9 Å². The predicted octanol–water partition coefficient (Wildman–Crippen LogP) is 4.27. The van der Waals surface area contributed by atoms with Crippen LogP contribution < -0.4 is 4.74 Å². The van der Waals surface area contributed by atoms with E-state index in [2.05, 4.69) is 0 Å². The number of benzene rings is 2. The lowest BCUT2D eigenvalue weighted by atomic mass is 9.95. The van der Waals surface area contributed by atoms with Gasteiger partial charge >= 0.3 is 0 Å². The van der Waals surface area contributed by atoms with Gasteiger partial charge in [-0.3, -0.25) is 4.79 Å². The number of ether oxygens (including phenoxy) is 3. The van der Waals surface area contributed by atoms with Gasteiger partial charge in [0.15, 0.2) is 0 Å². The molecule has 0 spiro atoms. The zero-order valence-corrected chi connectivity index (χ0v) is 17.6. The van der Waals surface area contributed by atoms with Gasteiger partial charge in [0.1, 0.15) is 18.1 Å². The topological polar surface area (TPSA) is 65.0 Å². The first-order valence-corrected chi connectivity index (χ1v) is 10.9. The van der Waals surface area contributed by atoms with E-state index in [1.807, 2.05) is 42.5 Å². The molecule has 2 aromatic rings. The molecule has 0 amide bonds. The fraction of sp³-hybridized carbons (Fsp3) is 0.458. The normalized spacial score (nSPS) is 21.6. The summed E-state index contributed by atoms with van der Waals surface area (Å²) in [6.45, 7) is 1.03. The lowest BCUT2D eigenvalue weighted by Gasteiger charge is -2.28. The van der Waals surface area contributed by atoms with Gasteiger partial charge < -0.3 is 19.3 Å². The molecule has 5 nitrogen and oxygen atoms in total. The van der Waals surface area contributed by atoms with Crippen molar-refractivity contribution in [3.8, 4) is 5.75 Å². The van der Waals surface area contributed by atoms with Crippen molar-refractivity contribution in [2.75, 3.05) is 19.8 Å². The number of ketones is 1. The summed E-state index contributed by atoms with van der Waals surface area (Å²) in [5, 5.41) is 10.0. The van der Waals surface area contributed by atoms with Crippen LogP contribution in [0.25, 0.3) is 0 Å². The van der Waals surface area contributed by atoms with Crippen molar-refractivity contribution in [1.82, 2.24) is 0 Å². The minimum absolute atomic E-state index is 0.111. The lowest BCUT2D eigenvalue weighted by molar-refractivity contribution is -0.139. The fourth-order valence-corrected chi connectivity index (χ4v) is 3.82. The molecule has 6 heteroatoms. The van der Waals surface area contributed by atoms with Gasteiger partial charge in [-0.2, -0.15) is 0 Å². The number of carbonyl (C=O) groups is 1. The molecule has 1 N–H and O–H groups in total. The molecule has 1 saturated heterocycles. The molecular formula is C24H27ClO5. The smallest absolute Gasteiger partial charge is 0.138 e. The molecule has 1 aliphatic heterocycles. The summed E-state index contributed by atoms with van der Waals surface area (Å²) in [6.07, 6.45) is 3.28. The van der Waals surface area contributed by atoms with Gasteiger partial charge in [-0.05, 0) is 54.2 Å². The second kappa shape index (κ2) is 9.92. The lowest BCUT2D eigenvalue weighted by Crippen LogP contribution is -2.30. The molecule has 0 bridgehead atoms. The Balaban J connectivity index is 1.37. The zero-order chi connectivity index (χ0) is 20.9. The standard InChI is InChI=1S/C24H27ClO5/c25-23-8-3-17(24-14-19(27)13-22(15-26)30-24)12-18(23)11-16-1-4-20(5-2-16)28-9-10-29-21-6-7-21/h1-5,8,12,21-22,24,26H,6-7,9-11,13-15H2/t22-,24+/m0/s1. The molecule has 1 saturated carbocycles. The SMILES string of the molecule is O=C1C[C@@H](CO)O[C@@H](c2ccc(Cl)c(Cc3ccc(OCCOC4CC4)cc3)c2)C1. The minimum Gasteiger partial charge on any atom is -0.491 e. The largest absolute Gasteiger partial charge is 0.491 e. The third-order valence-corrected chi connectivity index (χ3v) is 5.79. The molecule has 4 rings (SSSR count). The number of aliphatic hydroxyl groups is 1. The van der Waals surface area contributed by atoms with Gasteiger partial charge in [0.05, 0.1) is 31.5 Å². The molecule has 2 aliphatic rings. The van der Waals surface area contributed by atoms with E-state index in [0.29, 0.717) is 37.2 Å². The third-order valence-electron chi connectivity index (χ3n) is 5.42. The van der Waals surface area contributed by atoms with E-state index in [4.69, 9.17) is 25.8 Å². The Kier molecular flexibility index (Phi) is 7.05. The Hall–Kier alpha value is -1.92. The van der Waals surface area contributed by atoms with Crippen LogP contribution >= 0.6 is 11.6 Å². The van der Waals surface area contributed by atoms with Crippen molar-refractivity contribution in [1.29, 1.82) is 0 Å². The monoisotopic (exact) mass is 430 g/mol. The van der Waals surface area contributed by atoms with Crippen LogP contribution in [0.15, 0.2) is 42.5 Å². The van der Waals surface area contributed by atoms with Gasteiger partial charge in [-0.1, -0.05) is 35.9 Å². The van der Waals surface area contributed by atoms with Crippen LogP contribution in [0.4, 0.5) is 0 Å². The summed E-state index contributed by atoms with van der Waals surface area (Å²) in [5.41, 5.74) is 3.00. The highest BCUT2D eigenvalue weighted by Gasteiger charge is 2.28. The number of hydrogen-bond acceptors (Lipinski definition) is 5. The van der Waals surface area contributed by atoms with Crippen LogP contribution in [0, 0.1) is 0 Å². The number of hydrogen-bond donors (Lipinski definition) is 1. The highest BCUT2D eigenvalue weighted by atomic mass is 35.5. The summed E-state index contributed by atoms with van der Waals surface area (Å²) in [5.74, 6) is 0.932. The van der Waals surface area contributed by atoms with E-state index in [1.54, 1.807) is 0 Å². The molecule has 160 valence electrons. The first-order valence-electron chi connectivity index (χ1n) is 10.5. The van der Waals surface area contributed by atoms with Crippen LogP contribution in [-0.2, 0) is 20.7 Å². The molecular weight excluding hydrogens is 404 g/mol. The molecule has 2 fully saturated rings. The molecule has 30 heavy (non-hydrogen) atoms. The number of halogens is 1. The third kappa shape index (κ3) is 5.82. The van der Waals surface area contributed by atoms with Gasteiger partial charge in [-0.25, -0.2) is 0 Å². The van der Waals surface area contributed by atoms with Crippen molar-refractivity contribution < 1.29 is 24.1 Å². The van der Waals surface area contributed by atoms with E-state index < -0.39 is 6.10 Å². The van der Waals surface area contributed by atoms with Crippen LogP contribution in [0.3, 0.4) is 0 Å². The Morgan fingerprint density at radius 2 is 1.87 bits per heavy atom. The maximum absolute atomic E-state index is 12.0. The molecule has 1 heterocycles. The molecule has 0 radical (unpaired) electrons. The first kappa shape index (κ1) is 21.3. The summed E-state index contributed by atoms with van der Waals surface area (Å²) >= 11 is 6.43. The highest BCUT2D eigenvalue weighted by molar-refractivity contribution is 6.31.